The third-order valence-electron chi connectivity index (χ3n) is 5.96. The number of H-pyrrole nitrogens is 1. The van der Waals surface area contributed by atoms with E-state index in [0.29, 0.717) is 17.7 Å². The zero-order chi connectivity index (χ0) is 22.5. The van der Waals surface area contributed by atoms with Crippen LogP contribution >= 0.6 is 12.2 Å². The van der Waals surface area contributed by atoms with Crippen LogP contribution in [0.5, 0.6) is 11.5 Å². The van der Waals surface area contributed by atoms with Gasteiger partial charge in [0.25, 0.3) is 0 Å². The van der Waals surface area contributed by atoms with E-state index >= 15 is 0 Å². The van der Waals surface area contributed by atoms with Crippen LogP contribution in [0.4, 0.5) is 0 Å². The third-order valence-corrected chi connectivity index (χ3v) is 6.27. The SMILES string of the molecule is COc1ccc(-c2n[nH]c(=S)n2CCC(=O)N2CCCC2Cc2cccc(OC)c2)cc1. The molecule has 1 fully saturated rings. The molecule has 1 amide bonds. The Kier molecular flexibility index (Phi) is 6.90. The number of carbonyl (C=O) groups excluding carboxylic acids is 1. The van der Waals surface area contributed by atoms with Crippen LogP contribution in [-0.2, 0) is 17.8 Å². The summed E-state index contributed by atoms with van der Waals surface area (Å²) >= 11 is 5.43. The lowest BCUT2D eigenvalue weighted by Gasteiger charge is -2.25. The first kappa shape index (κ1) is 22.1. The lowest BCUT2D eigenvalue weighted by atomic mass is 10.0. The molecule has 168 valence electrons. The fraction of sp³-hybridized carbons (Fsp3) is 0.375. The number of nitrogens with zero attached hydrogens (tertiary/aromatic N) is 3. The second-order valence-electron chi connectivity index (χ2n) is 7.92. The largest absolute Gasteiger partial charge is 0.497 e. The van der Waals surface area contributed by atoms with Crippen molar-refractivity contribution >= 4 is 18.1 Å². The molecule has 1 aromatic heterocycles. The van der Waals surface area contributed by atoms with Crippen molar-refractivity contribution in [1.82, 2.24) is 19.7 Å². The number of amides is 1. The summed E-state index contributed by atoms with van der Waals surface area (Å²) in [6.07, 6.45) is 3.27. The van der Waals surface area contributed by atoms with Gasteiger partial charge in [-0.1, -0.05) is 12.1 Å². The van der Waals surface area contributed by atoms with E-state index < -0.39 is 0 Å². The summed E-state index contributed by atoms with van der Waals surface area (Å²) in [7, 11) is 3.31. The first-order valence-electron chi connectivity index (χ1n) is 10.8. The number of ether oxygens (including phenoxy) is 2. The Morgan fingerprint density at radius 1 is 1.16 bits per heavy atom. The molecule has 2 aromatic carbocycles. The molecule has 3 aromatic rings. The standard InChI is InChI=1S/C24H28N4O3S/c1-30-20-10-8-18(9-11-20)23-25-26-24(32)28(23)14-12-22(29)27-13-4-6-19(27)15-17-5-3-7-21(16-17)31-2/h3,5,7-11,16,19H,4,6,12-15H2,1-2H3,(H,26,32). The van der Waals surface area contributed by atoms with E-state index in [2.05, 4.69) is 16.3 Å². The topological polar surface area (TPSA) is 72.4 Å². The van der Waals surface area contributed by atoms with Crippen LogP contribution in [0.1, 0.15) is 24.8 Å². The Morgan fingerprint density at radius 3 is 2.69 bits per heavy atom. The zero-order valence-electron chi connectivity index (χ0n) is 18.4. The van der Waals surface area contributed by atoms with Crippen molar-refractivity contribution in [3.8, 4) is 22.9 Å². The van der Waals surface area contributed by atoms with Crippen molar-refractivity contribution < 1.29 is 14.3 Å². The van der Waals surface area contributed by atoms with E-state index in [4.69, 9.17) is 21.7 Å². The quantitative estimate of drug-likeness (QED) is 0.518. The van der Waals surface area contributed by atoms with Gasteiger partial charge in [0, 0.05) is 31.1 Å². The Bertz CT molecular complexity index is 1120. The number of nitrogens with one attached hydrogen (secondary N) is 1. The maximum absolute atomic E-state index is 13.1. The number of aromatic nitrogens is 3. The number of rotatable bonds is 8. The molecular formula is C24H28N4O3S. The molecule has 7 nitrogen and oxygen atoms in total. The molecule has 0 bridgehead atoms. The van der Waals surface area contributed by atoms with Crippen LogP contribution in [0.2, 0.25) is 0 Å². The first-order valence-corrected chi connectivity index (χ1v) is 11.2. The molecule has 2 heterocycles. The Hall–Kier alpha value is -3.13. The molecule has 32 heavy (non-hydrogen) atoms. The lowest BCUT2D eigenvalue weighted by molar-refractivity contribution is -0.132. The molecular weight excluding hydrogens is 424 g/mol. The van der Waals surface area contributed by atoms with Crippen molar-refractivity contribution in [2.45, 2.75) is 38.3 Å². The van der Waals surface area contributed by atoms with Crippen molar-refractivity contribution in [3.63, 3.8) is 0 Å². The second kappa shape index (κ2) is 9.99. The van der Waals surface area contributed by atoms with Crippen molar-refractivity contribution in [2.24, 2.45) is 0 Å². The normalized spacial score (nSPS) is 15.7. The summed E-state index contributed by atoms with van der Waals surface area (Å²) in [5.41, 5.74) is 2.11. The van der Waals surface area contributed by atoms with Crippen LogP contribution < -0.4 is 9.47 Å². The molecule has 4 rings (SSSR count). The number of benzene rings is 2. The maximum atomic E-state index is 13.1. The van der Waals surface area contributed by atoms with Gasteiger partial charge in [0.05, 0.1) is 14.2 Å². The number of aromatic amines is 1. The van der Waals surface area contributed by atoms with Crippen LogP contribution in [0, 0.1) is 4.77 Å². The summed E-state index contributed by atoms with van der Waals surface area (Å²) in [6, 6.07) is 15.9. The average Bonchev–Trinajstić information content (AvgIpc) is 3.44. The van der Waals surface area contributed by atoms with E-state index in [9.17, 15) is 4.79 Å². The van der Waals surface area contributed by atoms with Crippen LogP contribution in [0.15, 0.2) is 48.5 Å². The van der Waals surface area contributed by atoms with Crippen LogP contribution in [0.3, 0.4) is 0 Å². The second-order valence-corrected chi connectivity index (χ2v) is 8.31. The van der Waals surface area contributed by atoms with E-state index in [1.807, 2.05) is 51.9 Å². The fourth-order valence-electron chi connectivity index (χ4n) is 4.28. The first-order chi connectivity index (χ1) is 15.6. The highest BCUT2D eigenvalue weighted by molar-refractivity contribution is 7.71. The highest BCUT2D eigenvalue weighted by atomic mass is 32.1. The molecule has 1 unspecified atom stereocenters. The fourth-order valence-corrected chi connectivity index (χ4v) is 4.51. The van der Waals surface area contributed by atoms with Gasteiger partial charge in [-0.15, -0.1) is 0 Å². The van der Waals surface area contributed by atoms with Gasteiger partial charge in [-0.3, -0.25) is 14.5 Å². The minimum atomic E-state index is 0.152. The van der Waals surface area contributed by atoms with Gasteiger partial charge in [0.1, 0.15) is 11.5 Å². The van der Waals surface area contributed by atoms with Gasteiger partial charge in [0.15, 0.2) is 10.6 Å². The number of hydrogen-bond donors (Lipinski definition) is 1. The summed E-state index contributed by atoms with van der Waals surface area (Å²) in [5, 5.41) is 7.23. The highest BCUT2D eigenvalue weighted by Crippen LogP contribution is 2.25. The monoisotopic (exact) mass is 452 g/mol. The molecule has 1 aliphatic rings. The molecule has 8 heteroatoms. The van der Waals surface area contributed by atoms with E-state index in [1.165, 1.54) is 5.56 Å². The summed E-state index contributed by atoms with van der Waals surface area (Å²) in [4.78, 5) is 15.1. The predicted molar refractivity (Wildman–Crippen MR) is 125 cm³/mol. The van der Waals surface area contributed by atoms with Gasteiger partial charge in [-0.25, -0.2) is 0 Å². The van der Waals surface area contributed by atoms with Crippen LogP contribution in [-0.4, -0.2) is 52.4 Å². The van der Waals surface area contributed by atoms with Gasteiger partial charge in [-0.05, 0) is 73.4 Å². The lowest BCUT2D eigenvalue weighted by Crippen LogP contribution is -2.37. The molecule has 1 N–H and O–H groups in total. The highest BCUT2D eigenvalue weighted by Gasteiger charge is 2.28. The molecule has 0 radical (unpaired) electrons. The Labute approximate surface area is 193 Å². The third kappa shape index (κ3) is 4.85. The number of carbonyl (C=O) groups is 1. The number of hydrogen-bond acceptors (Lipinski definition) is 5. The molecule has 0 saturated carbocycles. The van der Waals surface area contributed by atoms with Crippen molar-refractivity contribution in [1.29, 1.82) is 0 Å². The summed E-state index contributed by atoms with van der Waals surface area (Å²) in [5.74, 6) is 2.50. The van der Waals surface area contributed by atoms with Gasteiger partial charge in [0.2, 0.25) is 5.91 Å². The molecule has 1 aliphatic heterocycles. The Balaban J connectivity index is 1.43. The zero-order valence-corrected chi connectivity index (χ0v) is 19.2. The van der Waals surface area contributed by atoms with E-state index in [0.717, 1.165) is 48.7 Å². The molecule has 0 aliphatic carbocycles. The maximum Gasteiger partial charge on any atom is 0.224 e. The van der Waals surface area contributed by atoms with E-state index in [1.54, 1.807) is 14.2 Å². The van der Waals surface area contributed by atoms with E-state index in [-0.39, 0.29) is 11.9 Å². The van der Waals surface area contributed by atoms with Gasteiger partial charge >= 0.3 is 0 Å². The minimum Gasteiger partial charge on any atom is -0.497 e. The average molecular weight is 453 g/mol. The van der Waals surface area contributed by atoms with Gasteiger partial charge in [-0.2, -0.15) is 5.10 Å². The summed E-state index contributed by atoms with van der Waals surface area (Å²) in [6.45, 7) is 1.29. The summed E-state index contributed by atoms with van der Waals surface area (Å²) < 4.78 is 13.0. The van der Waals surface area contributed by atoms with Crippen molar-refractivity contribution in [3.05, 3.63) is 58.9 Å². The van der Waals surface area contributed by atoms with Crippen molar-refractivity contribution in [2.75, 3.05) is 20.8 Å². The molecule has 0 spiro atoms. The molecule has 1 atom stereocenters. The number of likely N-dealkylation sites (tertiary alicyclic amines) is 1. The number of methoxy groups -OCH3 is 2. The predicted octanol–water partition coefficient (Wildman–Crippen LogP) is 4.25. The minimum absolute atomic E-state index is 0.152. The Morgan fingerprint density at radius 2 is 1.94 bits per heavy atom. The smallest absolute Gasteiger partial charge is 0.224 e. The van der Waals surface area contributed by atoms with Gasteiger partial charge < -0.3 is 14.4 Å². The van der Waals surface area contributed by atoms with Crippen LogP contribution in [0.25, 0.3) is 11.4 Å². The molecule has 1 saturated heterocycles.